The average molecular weight is 554 g/mol. The van der Waals surface area contributed by atoms with Crippen LogP contribution >= 0.6 is 23.1 Å². The Hall–Kier alpha value is -4.92. The number of aromatic nitrogens is 2. The van der Waals surface area contributed by atoms with Crippen LogP contribution in [0.1, 0.15) is 42.5 Å². The summed E-state index contributed by atoms with van der Waals surface area (Å²) < 4.78 is 0.782. The predicted octanol–water partition coefficient (Wildman–Crippen LogP) is 5.99. The zero-order chi connectivity index (χ0) is 27.4. The third-order valence-electron chi connectivity index (χ3n) is 5.70. The van der Waals surface area contributed by atoms with E-state index in [1.54, 1.807) is 41.4 Å². The van der Waals surface area contributed by atoms with E-state index in [1.165, 1.54) is 35.1 Å². The Labute approximate surface area is 230 Å². The number of aromatic amines is 1. The van der Waals surface area contributed by atoms with Crippen molar-refractivity contribution >= 4 is 63.2 Å². The highest BCUT2D eigenvalue weighted by Crippen LogP contribution is 2.28. The summed E-state index contributed by atoms with van der Waals surface area (Å²) in [6.07, 6.45) is 0. The molecule has 4 N–H and O–H groups in total. The van der Waals surface area contributed by atoms with E-state index in [9.17, 15) is 19.5 Å². The second-order valence-corrected chi connectivity index (χ2v) is 10.4. The molecular formula is C28H19N5O4S2. The van der Waals surface area contributed by atoms with Gasteiger partial charge in [-0.05, 0) is 35.9 Å². The summed E-state index contributed by atoms with van der Waals surface area (Å²) in [5.41, 5.74) is 2.65. The smallest absolute Gasteiger partial charge is 0.337 e. The first-order valence-electron chi connectivity index (χ1n) is 11.6. The maximum atomic E-state index is 12.9. The third-order valence-corrected chi connectivity index (χ3v) is 7.79. The molecule has 0 aliphatic carbocycles. The van der Waals surface area contributed by atoms with Crippen molar-refractivity contribution in [3.05, 3.63) is 106 Å². The number of para-hydroxylation sites is 1. The van der Waals surface area contributed by atoms with E-state index in [2.05, 4.69) is 20.6 Å². The van der Waals surface area contributed by atoms with Gasteiger partial charge in [0.25, 0.3) is 11.8 Å². The highest BCUT2D eigenvalue weighted by molar-refractivity contribution is 8.00. The fraction of sp³-hybridized carbons (Fsp3) is 0.0357. The monoisotopic (exact) mass is 553 g/mol. The van der Waals surface area contributed by atoms with Crippen LogP contribution in [0.15, 0.2) is 82.5 Å². The molecule has 0 aliphatic heterocycles. The van der Waals surface area contributed by atoms with E-state index < -0.39 is 11.9 Å². The number of anilines is 2. The number of carboxylic acids is 1. The number of thioether (sulfide) groups is 1. The van der Waals surface area contributed by atoms with Crippen LogP contribution in [0.2, 0.25) is 0 Å². The minimum Gasteiger partial charge on any atom is -0.478 e. The number of amides is 2. The maximum absolute atomic E-state index is 12.9. The van der Waals surface area contributed by atoms with Gasteiger partial charge in [0.05, 0.1) is 34.1 Å². The van der Waals surface area contributed by atoms with E-state index in [4.69, 9.17) is 5.26 Å². The van der Waals surface area contributed by atoms with Gasteiger partial charge in [0.1, 0.15) is 11.4 Å². The van der Waals surface area contributed by atoms with E-state index in [-0.39, 0.29) is 28.4 Å². The highest BCUT2D eigenvalue weighted by atomic mass is 32.2. The number of thiazole rings is 1. The minimum atomic E-state index is -1.27. The average Bonchev–Trinajstić information content (AvgIpc) is 3.61. The Balaban J connectivity index is 1.31. The normalized spacial score (nSPS) is 10.6. The second-order valence-electron chi connectivity index (χ2n) is 8.31. The van der Waals surface area contributed by atoms with E-state index in [0.717, 1.165) is 10.1 Å². The molecule has 39 heavy (non-hydrogen) atoms. The third kappa shape index (κ3) is 5.82. The zero-order valence-corrected chi connectivity index (χ0v) is 21.7. The fourth-order valence-corrected chi connectivity index (χ4v) is 5.57. The van der Waals surface area contributed by atoms with Crippen LogP contribution in [0.25, 0.3) is 10.9 Å². The molecule has 0 fully saturated rings. The number of carbonyl (C=O) groups is 3. The topological polar surface area (TPSA) is 148 Å². The lowest BCUT2D eigenvalue weighted by Crippen LogP contribution is -2.15. The van der Waals surface area contributed by atoms with Gasteiger partial charge in [-0.3, -0.25) is 9.59 Å². The number of fused-ring (bicyclic) bond motifs is 1. The molecule has 3 aromatic carbocycles. The second kappa shape index (κ2) is 11.2. The molecule has 5 aromatic rings. The van der Waals surface area contributed by atoms with Gasteiger partial charge in [-0.1, -0.05) is 54.2 Å². The van der Waals surface area contributed by atoms with Crippen molar-refractivity contribution in [2.24, 2.45) is 0 Å². The highest BCUT2D eigenvalue weighted by Gasteiger charge is 2.18. The lowest BCUT2D eigenvalue weighted by Gasteiger charge is -2.08. The van der Waals surface area contributed by atoms with E-state index in [1.807, 2.05) is 36.4 Å². The summed E-state index contributed by atoms with van der Waals surface area (Å²) in [6, 6.07) is 22.7. The number of H-pyrrole nitrogens is 1. The summed E-state index contributed by atoms with van der Waals surface area (Å²) >= 11 is 2.95. The molecule has 2 aromatic heterocycles. The Bertz CT molecular complexity index is 1750. The van der Waals surface area contributed by atoms with Crippen LogP contribution in [0.5, 0.6) is 0 Å². The largest absolute Gasteiger partial charge is 0.478 e. The molecule has 0 saturated heterocycles. The number of rotatable bonds is 8. The van der Waals surface area contributed by atoms with Crippen molar-refractivity contribution in [1.82, 2.24) is 9.97 Å². The molecule has 11 heteroatoms. The molecule has 0 aliphatic rings. The molecule has 2 heterocycles. The van der Waals surface area contributed by atoms with Crippen molar-refractivity contribution in [2.75, 3.05) is 10.6 Å². The van der Waals surface area contributed by atoms with Crippen LogP contribution in [-0.2, 0) is 5.75 Å². The zero-order valence-electron chi connectivity index (χ0n) is 20.1. The lowest BCUT2D eigenvalue weighted by atomic mass is 10.1. The van der Waals surface area contributed by atoms with E-state index in [0.29, 0.717) is 22.3 Å². The van der Waals surface area contributed by atoms with Gasteiger partial charge in [-0.2, -0.15) is 5.26 Å². The number of nitrogens with zero attached hydrogens (tertiary/aromatic N) is 2. The molecule has 0 unspecified atom stereocenters. The summed E-state index contributed by atoms with van der Waals surface area (Å²) in [4.78, 5) is 44.9. The molecule has 0 saturated carbocycles. The van der Waals surface area contributed by atoms with Crippen LogP contribution in [0.4, 0.5) is 11.4 Å². The number of carboxylic acid groups (broad SMARTS) is 1. The maximum Gasteiger partial charge on any atom is 0.337 e. The number of nitrogens with one attached hydrogen (secondary N) is 3. The summed E-state index contributed by atoms with van der Waals surface area (Å²) in [6.45, 7) is 0. The summed E-state index contributed by atoms with van der Waals surface area (Å²) in [5.74, 6) is -1.48. The fourth-order valence-electron chi connectivity index (χ4n) is 3.81. The number of hydrogen-bond donors (Lipinski definition) is 4. The molecule has 2 amide bonds. The first kappa shape index (κ1) is 25.7. The number of carbonyl (C=O) groups excluding carboxylic acids is 2. The van der Waals surface area contributed by atoms with Gasteiger partial charge in [0.2, 0.25) is 0 Å². The molecule has 0 radical (unpaired) electrons. The first-order valence-corrected chi connectivity index (χ1v) is 13.4. The number of aromatic carboxylic acids is 1. The van der Waals surface area contributed by atoms with Gasteiger partial charge < -0.3 is 20.7 Å². The molecule has 0 bridgehead atoms. The van der Waals surface area contributed by atoms with Gasteiger partial charge in [-0.15, -0.1) is 11.3 Å². The lowest BCUT2D eigenvalue weighted by molar-refractivity contribution is 0.0697. The van der Waals surface area contributed by atoms with Crippen LogP contribution < -0.4 is 10.6 Å². The number of hydrogen-bond acceptors (Lipinski definition) is 7. The first-order chi connectivity index (χ1) is 18.9. The van der Waals surface area contributed by atoms with Crippen molar-refractivity contribution < 1.29 is 19.5 Å². The van der Waals surface area contributed by atoms with Crippen LogP contribution in [-0.4, -0.2) is 32.9 Å². The summed E-state index contributed by atoms with van der Waals surface area (Å²) in [5, 5.41) is 26.3. The van der Waals surface area contributed by atoms with Crippen molar-refractivity contribution in [1.29, 1.82) is 5.26 Å². The molecule has 0 spiro atoms. The van der Waals surface area contributed by atoms with Crippen molar-refractivity contribution in [2.45, 2.75) is 10.1 Å². The van der Waals surface area contributed by atoms with Crippen molar-refractivity contribution in [3.63, 3.8) is 0 Å². The molecular weight excluding hydrogens is 534 g/mol. The van der Waals surface area contributed by atoms with Gasteiger partial charge >= 0.3 is 5.97 Å². The van der Waals surface area contributed by atoms with Crippen LogP contribution in [0.3, 0.4) is 0 Å². The molecule has 5 rings (SSSR count). The molecule has 192 valence electrons. The SMILES string of the molecule is N#Cc1ccc(NC(=O)c2cc3cccc(NC(=O)c4csc(SCc5ccccc5)n4)c3[nH]2)c(C(=O)O)c1. The standard InChI is InChI=1S/C28H19N5O4S2/c29-13-17-9-10-20(19(11-17)27(36)37)31-25(34)22-12-18-7-4-8-21(24(18)30-22)32-26(35)23-15-39-28(33-23)38-14-16-5-2-1-3-6-16/h1-12,15,30H,14H2,(H,31,34)(H,32,35)(H,36,37). The Morgan fingerprint density at radius 1 is 0.974 bits per heavy atom. The molecule has 0 atom stereocenters. The van der Waals surface area contributed by atoms with Crippen LogP contribution in [0, 0.1) is 11.3 Å². The quantitative estimate of drug-likeness (QED) is 0.172. The minimum absolute atomic E-state index is 0.0585. The Morgan fingerprint density at radius 2 is 1.77 bits per heavy atom. The van der Waals surface area contributed by atoms with E-state index >= 15 is 0 Å². The molecule has 9 nitrogen and oxygen atoms in total. The summed E-state index contributed by atoms with van der Waals surface area (Å²) in [7, 11) is 0. The number of benzene rings is 3. The van der Waals surface area contributed by atoms with Gasteiger partial charge in [0.15, 0.2) is 4.34 Å². The van der Waals surface area contributed by atoms with Gasteiger partial charge in [0, 0.05) is 16.5 Å². The Morgan fingerprint density at radius 3 is 2.54 bits per heavy atom. The predicted molar refractivity (Wildman–Crippen MR) is 150 cm³/mol. The Kier molecular flexibility index (Phi) is 7.40. The van der Waals surface area contributed by atoms with Gasteiger partial charge in [-0.25, -0.2) is 9.78 Å². The number of nitriles is 1. The van der Waals surface area contributed by atoms with Crippen molar-refractivity contribution in [3.8, 4) is 6.07 Å².